The van der Waals surface area contributed by atoms with Crippen molar-refractivity contribution in [3.05, 3.63) is 0 Å². The summed E-state index contributed by atoms with van der Waals surface area (Å²) in [6.45, 7) is 4.27. The van der Waals surface area contributed by atoms with E-state index in [9.17, 15) is 0 Å². The van der Waals surface area contributed by atoms with E-state index in [1.807, 2.05) is 0 Å². The fraction of sp³-hybridized carbons (Fsp3) is 1.00. The lowest BCUT2D eigenvalue weighted by Gasteiger charge is -2.36. The van der Waals surface area contributed by atoms with Gasteiger partial charge in [0.1, 0.15) is 0 Å². The van der Waals surface area contributed by atoms with E-state index in [4.69, 9.17) is 5.11 Å². The Morgan fingerprint density at radius 1 is 1.43 bits per heavy atom. The first-order valence-corrected chi connectivity index (χ1v) is 2.90. The van der Waals surface area contributed by atoms with Crippen LogP contribution in [0.4, 0.5) is 0 Å². The molecule has 1 N–H and O–H groups in total. The van der Waals surface area contributed by atoms with Gasteiger partial charge in [0.2, 0.25) is 0 Å². The molecule has 7 heavy (non-hydrogen) atoms. The molecular formula is C6H12O. The summed E-state index contributed by atoms with van der Waals surface area (Å²) >= 11 is 0. The number of aliphatic hydroxyl groups excluding tert-OH is 1. The van der Waals surface area contributed by atoms with Crippen molar-refractivity contribution in [2.45, 2.75) is 26.4 Å². The molecule has 0 amide bonds. The van der Waals surface area contributed by atoms with Crippen LogP contribution in [0.2, 0.25) is 0 Å². The minimum Gasteiger partial charge on any atom is -0.393 e. The number of hydrogen-bond donors (Lipinski definition) is 1. The highest BCUT2D eigenvalue weighted by molar-refractivity contribution is 4.82. The maximum absolute atomic E-state index is 8.89. The van der Waals surface area contributed by atoms with Gasteiger partial charge in [0, 0.05) is 0 Å². The highest BCUT2D eigenvalue weighted by Gasteiger charge is 2.31. The Bertz CT molecular complexity index is 62.6. The van der Waals surface area contributed by atoms with Gasteiger partial charge in [0.15, 0.2) is 0 Å². The van der Waals surface area contributed by atoms with Crippen LogP contribution >= 0.6 is 0 Å². The van der Waals surface area contributed by atoms with Crippen molar-refractivity contribution in [3.63, 3.8) is 0 Å². The van der Waals surface area contributed by atoms with Crippen molar-refractivity contribution in [2.24, 2.45) is 11.8 Å². The topological polar surface area (TPSA) is 20.2 Å². The second-order valence-electron chi connectivity index (χ2n) is 2.64. The third kappa shape index (κ3) is 0.653. The van der Waals surface area contributed by atoms with Gasteiger partial charge in [0.25, 0.3) is 0 Å². The maximum atomic E-state index is 8.89. The predicted octanol–water partition coefficient (Wildman–Crippen LogP) is 1.02. The molecular weight excluding hydrogens is 88.1 g/mol. The van der Waals surface area contributed by atoms with Gasteiger partial charge in [-0.05, 0) is 18.3 Å². The van der Waals surface area contributed by atoms with Crippen LogP contribution in [-0.4, -0.2) is 11.2 Å². The molecule has 0 saturated heterocycles. The molecule has 1 heteroatoms. The van der Waals surface area contributed by atoms with E-state index in [2.05, 4.69) is 13.8 Å². The van der Waals surface area contributed by atoms with Crippen LogP contribution in [-0.2, 0) is 0 Å². The first kappa shape index (κ1) is 5.10. The van der Waals surface area contributed by atoms with Gasteiger partial charge in [0.05, 0.1) is 6.10 Å². The van der Waals surface area contributed by atoms with Gasteiger partial charge < -0.3 is 5.11 Å². The van der Waals surface area contributed by atoms with Crippen molar-refractivity contribution < 1.29 is 5.11 Å². The van der Waals surface area contributed by atoms with Crippen molar-refractivity contribution in [1.29, 1.82) is 0 Å². The summed E-state index contributed by atoms with van der Waals surface area (Å²) in [5.41, 5.74) is 0. The van der Waals surface area contributed by atoms with Gasteiger partial charge in [-0.1, -0.05) is 13.8 Å². The summed E-state index contributed by atoms with van der Waals surface area (Å²) in [6, 6.07) is 0. The van der Waals surface area contributed by atoms with E-state index in [-0.39, 0.29) is 6.10 Å². The molecule has 0 aromatic carbocycles. The molecule has 1 rings (SSSR count). The van der Waals surface area contributed by atoms with E-state index in [1.165, 1.54) is 0 Å². The SMILES string of the molecule is CC1C[C@@H](O)[C@@H]1C. The number of hydrogen-bond acceptors (Lipinski definition) is 1. The predicted molar refractivity (Wildman–Crippen MR) is 29.0 cm³/mol. The molecule has 1 aliphatic carbocycles. The average molecular weight is 100 g/mol. The third-order valence-electron chi connectivity index (χ3n) is 2.12. The van der Waals surface area contributed by atoms with Crippen molar-refractivity contribution in [1.82, 2.24) is 0 Å². The quantitative estimate of drug-likeness (QED) is 0.482. The molecule has 0 radical (unpaired) electrons. The average Bonchev–Trinajstić information content (AvgIpc) is 1.68. The Labute approximate surface area is 44.4 Å². The summed E-state index contributed by atoms with van der Waals surface area (Å²) in [4.78, 5) is 0. The molecule has 42 valence electrons. The lowest BCUT2D eigenvalue weighted by Crippen LogP contribution is -2.37. The molecule has 1 saturated carbocycles. The molecule has 0 heterocycles. The molecule has 1 fully saturated rings. The smallest absolute Gasteiger partial charge is 0.0571 e. The molecule has 1 nitrogen and oxygen atoms in total. The van der Waals surface area contributed by atoms with Crippen molar-refractivity contribution in [2.75, 3.05) is 0 Å². The van der Waals surface area contributed by atoms with Crippen LogP contribution in [0.25, 0.3) is 0 Å². The van der Waals surface area contributed by atoms with E-state index in [1.54, 1.807) is 0 Å². The molecule has 0 bridgehead atoms. The molecule has 0 aromatic rings. The van der Waals surface area contributed by atoms with Crippen LogP contribution in [0.5, 0.6) is 0 Å². The minimum absolute atomic E-state index is 0.00926. The fourth-order valence-electron chi connectivity index (χ4n) is 0.994. The standard InChI is InChI=1S/C6H12O/c1-4-3-6(7)5(4)2/h4-7H,3H2,1-2H3/t4?,5-,6-/m1/s1. The van der Waals surface area contributed by atoms with Gasteiger partial charge >= 0.3 is 0 Å². The zero-order valence-corrected chi connectivity index (χ0v) is 4.89. The first-order chi connectivity index (χ1) is 3.22. The summed E-state index contributed by atoms with van der Waals surface area (Å²) in [6.07, 6.45) is 1.02. The largest absolute Gasteiger partial charge is 0.393 e. The monoisotopic (exact) mass is 100 g/mol. The number of aliphatic hydroxyl groups is 1. The summed E-state index contributed by atoms with van der Waals surface area (Å²) in [5, 5.41) is 8.89. The molecule has 1 unspecified atom stereocenters. The Hall–Kier alpha value is -0.0400. The summed E-state index contributed by atoms with van der Waals surface area (Å²) in [5.74, 6) is 1.31. The second-order valence-corrected chi connectivity index (χ2v) is 2.64. The Balaban J connectivity index is 2.29. The zero-order chi connectivity index (χ0) is 5.44. The molecule has 0 spiro atoms. The van der Waals surface area contributed by atoms with E-state index >= 15 is 0 Å². The first-order valence-electron chi connectivity index (χ1n) is 2.90. The van der Waals surface area contributed by atoms with E-state index in [0.717, 1.165) is 12.3 Å². The van der Waals surface area contributed by atoms with Crippen molar-refractivity contribution in [3.8, 4) is 0 Å². The Morgan fingerprint density at radius 3 is 2.00 bits per heavy atom. The Kier molecular flexibility index (Phi) is 1.08. The van der Waals surface area contributed by atoms with Gasteiger partial charge in [-0.2, -0.15) is 0 Å². The zero-order valence-electron chi connectivity index (χ0n) is 4.89. The molecule has 3 atom stereocenters. The van der Waals surface area contributed by atoms with Crippen LogP contribution in [0.1, 0.15) is 20.3 Å². The van der Waals surface area contributed by atoms with Gasteiger partial charge in [-0.25, -0.2) is 0 Å². The highest BCUT2D eigenvalue weighted by atomic mass is 16.3. The minimum atomic E-state index is 0.00926. The lowest BCUT2D eigenvalue weighted by molar-refractivity contribution is -0.0143. The van der Waals surface area contributed by atoms with Crippen LogP contribution < -0.4 is 0 Å². The maximum Gasteiger partial charge on any atom is 0.0571 e. The van der Waals surface area contributed by atoms with Crippen molar-refractivity contribution >= 4 is 0 Å². The second kappa shape index (κ2) is 1.48. The molecule has 0 aromatic heterocycles. The summed E-state index contributed by atoms with van der Waals surface area (Å²) in [7, 11) is 0. The third-order valence-corrected chi connectivity index (χ3v) is 2.12. The van der Waals surface area contributed by atoms with Gasteiger partial charge in [-0.3, -0.25) is 0 Å². The fourth-order valence-corrected chi connectivity index (χ4v) is 0.994. The van der Waals surface area contributed by atoms with E-state index < -0.39 is 0 Å². The Morgan fingerprint density at radius 2 is 2.00 bits per heavy atom. The highest BCUT2D eigenvalue weighted by Crippen LogP contribution is 2.32. The molecule has 1 aliphatic rings. The summed E-state index contributed by atoms with van der Waals surface area (Å²) < 4.78 is 0. The van der Waals surface area contributed by atoms with Gasteiger partial charge in [-0.15, -0.1) is 0 Å². The number of rotatable bonds is 0. The van der Waals surface area contributed by atoms with Crippen LogP contribution in [0.3, 0.4) is 0 Å². The van der Waals surface area contributed by atoms with Crippen LogP contribution in [0.15, 0.2) is 0 Å². The normalized spacial score (nSPS) is 51.0. The van der Waals surface area contributed by atoms with E-state index in [0.29, 0.717) is 5.92 Å². The molecule has 0 aliphatic heterocycles. The van der Waals surface area contributed by atoms with Crippen LogP contribution in [0, 0.1) is 11.8 Å². The lowest BCUT2D eigenvalue weighted by atomic mass is 9.74.